The van der Waals surface area contributed by atoms with E-state index in [4.69, 9.17) is 0 Å². The molecule has 10 heteroatoms. The lowest BCUT2D eigenvalue weighted by molar-refractivity contribution is -0.117. The average molecular weight is 390 g/mol. The number of aryl methyl sites for hydroxylation is 1. The molecule has 0 unspecified atom stereocenters. The number of imidazole rings is 1. The van der Waals surface area contributed by atoms with Crippen LogP contribution in [0.2, 0.25) is 0 Å². The van der Waals surface area contributed by atoms with Crippen LogP contribution in [0.5, 0.6) is 0 Å². The van der Waals surface area contributed by atoms with Crippen LogP contribution in [0, 0.1) is 6.92 Å². The van der Waals surface area contributed by atoms with Crippen LogP contribution in [0.1, 0.15) is 11.4 Å². The highest BCUT2D eigenvalue weighted by Gasteiger charge is 2.09. The van der Waals surface area contributed by atoms with Crippen molar-refractivity contribution in [2.75, 3.05) is 10.6 Å². The fraction of sp³-hybridized carbons (Fsp3) is 0.158. The molecular formula is C19H18N8O2. The Morgan fingerprint density at radius 2 is 1.86 bits per heavy atom. The van der Waals surface area contributed by atoms with Crippen molar-refractivity contribution < 1.29 is 9.59 Å². The molecule has 10 nitrogen and oxygen atoms in total. The van der Waals surface area contributed by atoms with Crippen molar-refractivity contribution in [3.05, 3.63) is 60.2 Å². The van der Waals surface area contributed by atoms with E-state index in [0.717, 1.165) is 16.6 Å². The van der Waals surface area contributed by atoms with Gasteiger partial charge in [0.15, 0.2) is 0 Å². The van der Waals surface area contributed by atoms with Gasteiger partial charge in [-0.15, -0.1) is 5.10 Å². The van der Waals surface area contributed by atoms with Crippen LogP contribution in [0.3, 0.4) is 0 Å². The summed E-state index contributed by atoms with van der Waals surface area (Å²) in [5.41, 5.74) is 3.78. The van der Waals surface area contributed by atoms with E-state index in [0.29, 0.717) is 17.2 Å². The molecule has 0 fully saturated rings. The number of hydrogen-bond donors (Lipinski definition) is 3. The molecular weight excluding hydrogens is 372 g/mol. The molecule has 2 heterocycles. The summed E-state index contributed by atoms with van der Waals surface area (Å²) in [6, 6.07) is 12.6. The Hall–Kier alpha value is -4.08. The van der Waals surface area contributed by atoms with Crippen molar-refractivity contribution in [1.82, 2.24) is 30.2 Å². The standard InChI is InChI=1S/C19H18N8O2/c1-12-24-25-26-27(12)10-19(29)23-15-4-2-3-14(9-15)22-18(28)8-13-5-6-16-17(7-13)21-11-20-16/h2-7,9,11H,8,10H2,1H3,(H,20,21)(H,22,28)(H,23,29). The Morgan fingerprint density at radius 3 is 2.62 bits per heavy atom. The van der Waals surface area contributed by atoms with Crippen molar-refractivity contribution in [1.29, 1.82) is 0 Å². The van der Waals surface area contributed by atoms with Gasteiger partial charge in [-0.1, -0.05) is 12.1 Å². The first-order valence-corrected chi connectivity index (χ1v) is 8.91. The van der Waals surface area contributed by atoms with Crippen LogP contribution < -0.4 is 10.6 Å². The molecule has 0 saturated carbocycles. The summed E-state index contributed by atoms with van der Waals surface area (Å²) >= 11 is 0. The summed E-state index contributed by atoms with van der Waals surface area (Å²) < 4.78 is 1.40. The van der Waals surface area contributed by atoms with Gasteiger partial charge in [0.1, 0.15) is 12.4 Å². The maximum atomic E-state index is 12.4. The van der Waals surface area contributed by atoms with Crippen molar-refractivity contribution in [3.8, 4) is 0 Å². The van der Waals surface area contributed by atoms with E-state index in [9.17, 15) is 9.59 Å². The number of hydrogen-bond acceptors (Lipinski definition) is 6. The maximum absolute atomic E-state index is 12.4. The molecule has 0 aliphatic rings. The molecule has 0 saturated heterocycles. The summed E-state index contributed by atoms with van der Waals surface area (Å²) in [5.74, 6) is 0.128. The third kappa shape index (κ3) is 4.43. The zero-order valence-electron chi connectivity index (χ0n) is 15.6. The molecule has 4 rings (SSSR count). The highest BCUT2D eigenvalue weighted by atomic mass is 16.2. The van der Waals surface area contributed by atoms with Crippen molar-refractivity contribution in [2.45, 2.75) is 19.9 Å². The van der Waals surface area contributed by atoms with Crippen LogP contribution in [0.15, 0.2) is 48.8 Å². The van der Waals surface area contributed by atoms with Gasteiger partial charge in [0.25, 0.3) is 0 Å². The minimum absolute atomic E-state index is 0.00545. The van der Waals surface area contributed by atoms with Crippen molar-refractivity contribution in [2.24, 2.45) is 0 Å². The molecule has 2 aromatic carbocycles. The number of aromatic nitrogens is 6. The van der Waals surface area contributed by atoms with Gasteiger partial charge in [-0.2, -0.15) is 0 Å². The lowest BCUT2D eigenvalue weighted by Crippen LogP contribution is -2.20. The van der Waals surface area contributed by atoms with Crippen LogP contribution in [0.25, 0.3) is 11.0 Å². The van der Waals surface area contributed by atoms with Crippen LogP contribution in [0.4, 0.5) is 11.4 Å². The lowest BCUT2D eigenvalue weighted by atomic mass is 10.1. The predicted molar refractivity (Wildman–Crippen MR) is 106 cm³/mol. The third-order valence-corrected chi connectivity index (χ3v) is 4.28. The number of tetrazole rings is 1. The van der Waals surface area contributed by atoms with Gasteiger partial charge in [0.2, 0.25) is 11.8 Å². The quantitative estimate of drug-likeness (QED) is 0.459. The van der Waals surface area contributed by atoms with E-state index in [1.165, 1.54) is 4.68 Å². The number of aromatic amines is 1. The first-order chi connectivity index (χ1) is 14.1. The number of carbonyl (C=O) groups is 2. The first-order valence-electron chi connectivity index (χ1n) is 8.91. The van der Waals surface area contributed by atoms with Gasteiger partial charge in [-0.3, -0.25) is 9.59 Å². The van der Waals surface area contributed by atoms with Gasteiger partial charge >= 0.3 is 0 Å². The number of fused-ring (bicyclic) bond motifs is 1. The average Bonchev–Trinajstić information content (AvgIpc) is 3.30. The van der Waals surface area contributed by atoms with E-state index in [1.807, 2.05) is 18.2 Å². The van der Waals surface area contributed by atoms with Crippen molar-refractivity contribution in [3.63, 3.8) is 0 Å². The number of carbonyl (C=O) groups excluding carboxylic acids is 2. The predicted octanol–water partition coefficient (Wildman–Crippen LogP) is 1.68. The normalized spacial score (nSPS) is 10.8. The molecule has 0 bridgehead atoms. The number of rotatable bonds is 6. The monoisotopic (exact) mass is 390 g/mol. The Labute approximate surface area is 165 Å². The van der Waals surface area contributed by atoms with E-state index in [2.05, 4.69) is 36.1 Å². The number of anilines is 2. The van der Waals surface area contributed by atoms with E-state index in [-0.39, 0.29) is 24.8 Å². The summed E-state index contributed by atoms with van der Waals surface area (Å²) in [5, 5.41) is 16.6. The number of nitrogens with one attached hydrogen (secondary N) is 3. The van der Waals surface area contributed by atoms with Gasteiger partial charge in [-0.25, -0.2) is 9.67 Å². The largest absolute Gasteiger partial charge is 0.345 e. The second-order valence-corrected chi connectivity index (χ2v) is 6.49. The van der Waals surface area contributed by atoms with Crippen LogP contribution in [-0.4, -0.2) is 42.0 Å². The minimum atomic E-state index is -0.267. The van der Waals surface area contributed by atoms with Crippen LogP contribution in [-0.2, 0) is 22.6 Å². The molecule has 0 spiro atoms. The minimum Gasteiger partial charge on any atom is -0.345 e. The highest BCUT2D eigenvalue weighted by molar-refractivity contribution is 5.95. The Bertz CT molecular complexity index is 1180. The Kier molecular flexibility index (Phi) is 4.97. The number of nitrogens with zero attached hydrogens (tertiary/aromatic N) is 5. The summed E-state index contributed by atoms with van der Waals surface area (Å²) in [6.07, 6.45) is 1.85. The number of benzene rings is 2. The fourth-order valence-corrected chi connectivity index (χ4v) is 2.89. The van der Waals surface area contributed by atoms with Crippen molar-refractivity contribution >= 4 is 34.2 Å². The number of H-pyrrole nitrogens is 1. The summed E-state index contributed by atoms with van der Waals surface area (Å²) in [7, 11) is 0. The fourth-order valence-electron chi connectivity index (χ4n) is 2.89. The molecule has 0 aliphatic heterocycles. The summed E-state index contributed by atoms with van der Waals surface area (Å²) in [4.78, 5) is 31.8. The molecule has 2 amide bonds. The summed E-state index contributed by atoms with van der Waals surface area (Å²) in [6.45, 7) is 1.72. The van der Waals surface area contributed by atoms with Gasteiger partial charge in [0, 0.05) is 11.4 Å². The SMILES string of the molecule is Cc1nnnn1CC(=O)Nc1cccc(NC(=O)Cc2ccc3nc[nH]c3c2)c1. The Balaban J connectivity index is 1.37. The van der Waals surface area contributed by atoms with Gasteiger partial charge in [0.05, 0.1) is 23.8 Å². The molecule has 3 N–H and O–H groups in total. The zero-order chi connectivity index (χ0) is 20.2. The zero-order valence-corrected chi connectivity index (χ0v) is 15.6. The first kappa shape index (κ1) is 18.3. The van der Waals surface area contributed by atoms with Gasteiger partial charge in [-0.05, 0) is 53.2 Å². The molecule has 0 aliphatic carbocycles. The van der Waals surface area contributed by atoms with E-state index < -0.39 is 0 Å². The maximum Gasteiger partial charge on any atom is 0.246 e. The lowest BCUT2D eigenvalue weighted by Gasteiger charge is -2.09. The number of amides is 2. The molecule has 29 heavy (non-hydrogen) atoms. The van der Waals surface area contributed by atoms with E-state index in [1.54, 1.807) is 37.5 Å². The highest BCUT2D eigenvalue weighted by Crippen LogP contribution is 2.17. The topological polar surface area (TPSA) is 130 Å². The molecule has 4 aromatic rings. The Morgan fingerprint density at radius 1 is 1.07 bits per heavy atom. The van der Waals surface area contributed by atoms with E-state index >= 15 is 0 Å². The third-order valence-electron chi connectivity index (χ3n) is 4.28. The molecule has 146 valence electrons. The second-order valence-electron chi connectivity index (χ2n) is 6.49. The molecule has 2 aromatic heterocycles. The van der Waals surface area contributed by atoms with Gasteiger partial charge < -0.3 is 15.6 Å². The van der Waals surface area contributed by atoms with Crippen LogP contribution >= 0.6 is 0 Å². The second kappa shape index (κ2) is 7.89. The smallest absolute Gasteiger partial charge is 0.246 e. The molecule has 0 radical (unpaired) electrons. The molecule has 0 atom stereocenters.